The van der Waals surface area contributed by atoms with Crippen molar-refractivity contribution in [2.24, 2.45) is 0 Å². The lowest BCUT2D eigenvalue weighted by Crippen LogP contribution is -2.31. The van der Waals surface area contributed by atoms with E-state index in [4.69, 9.17) is 0 Å². The van der Waals surface area contributed by atoms with Crippen LogP contribution in [0.5, 0.6) is 0 Å². The second kappa shape index (κ2) is 13.6. The molecule has 294 valence electrons. The molecule has 3 aliphatic carbocycles. The molecule has 63 heavy (non-hydrogen) atoms. The van der Waals surface area contributed by atoms with Crippen LogP contribution in [0.15, 0.2) is 255 Å². The van der Waals surface area contributed by atoms with Crippen molar-refractivity contribution < 1.29 is 0 Å². The fraction of sp³-hybridized carbons (Fsp3) is 0.0476. The first kappa shape index (κ1) is 35.9. The highest BCUT2D eigenvalue weighted by Crippen LogP contribution is 2.60. The number of hydrogen-bond donors (Lipinski definition) is 0. The lowest BCUT2D eigenvalue weighted by Gasteiger charge is -2.37. The normalized spacial score (nSPS) is 15.0. The Kier molecular flexibility index (Phi) is 7.75. The van der Waals surface area contributed by atoms with Gasteiger partial charge < -0.3 is 0 Å². The largest absolute Gasteiger partial charge is 0.0713 e. The van der Waals surface area contributed by atoms with Gasteiger partial charge in [-0.05, 0) is 100 Å². The minimum Gasteiger partial charge on any atom is -0.0622 e. The van der Waals surface area contributed by atoms with Crippen molar-refractivity contribution in [2.75, 3.05) is 0 Å². The first-order valence-corrected chi connectivity index (χ1v) is 22.2. The SMILES string of the molecule is c1ccc(C2(c3ccc(C4(c5ccc(C6(c7ccccc7)c7ccccc7-c7ccccc76)cc5)c5ccccc5-c5ccccc54)cc3)c3ccccc3-c3ccccc32)cc1. The zero-order chi connectivity index (χ0) is 41.6. The van der Waals surface area contributed by atoms with Gasteiger partial charge in [-0.25, -0.2) is 0 Å². The van der Waals surface area contributed by atoms with Gasteiger partial charge in [0.2, 0.25) is 0 Å². The molecular formula is C63H42. The summed E-state index contributed by atoms with van der Waals surface area (Å²) >= 11 is 0. The quantitative estimate of drug-likeness (QED) is 0.157. The molecule has 0 atom stereocenters. The van der Waals surface area contributed by atoms with Crippen molar-refractivity contribution >= 4 is 0 Å². The van der Waals surface area contributed by atoms with Crippen LogP contribution in [0.25, 0.3) is 33.4 Å². The Bertz CT molecular complexity index is 3050. The molecular weight excluding hydrogens is 757 g/mol. The molecule has 0 aliphatic heterocycles. The third-order valence-electron chi connectivity index (χ3n) is 14.8. The Morgan fingerprint density at radius 1 is 0.143 bits per heavy atom. The van der Waals surface area contributed by atoms with Crippen LogP contribution in [0.2, 0.25) is 0 Å². The van der Waals surface area contributed by atoms with Crippen molar-refractivity contribution in [1.82, 2.24) is 0 Å². The summed E-state index contributed by atoms with van der Waals surface area (Å²) in [5.41, 5.74) is 21.9. The third-order valence-corrected chi connectivity index (χ3v) is 14.8. The van der Waals surface area contributed by atoms with E-state index >= 15 is 0 Å². The van der Waals surface area contributed by atoms with Crippen LogP contribution in [0.3, 0.4) is 0 Å². The number of benzene rings is 10. The van der Waals surface area contributed by atoms with E-state index in [-0.39, 0.29) is 0 Å². The van der Waals surface area contributed by atoms with E-state index in [1.54, 1.807) is 0 Å². The van der Waals surface area contributed by atoms with E-state index in [9.17, 15) is 0 Å². The van der Waals surface area contributed by atoms with Gasteiger partial charge in [-0.15, -0.1) is 0 Å². The number of hydrogen-bond acceptors (Lipinski definition) is 0. The summed E-state index contributed by atoms with van der Waals surface area (Å²) in [7, 11) is 0. The first-order chi connectivity index (χ1) is 31.3. The second-order valence-corrected chi connectivity index (χ2v) is 17.4. The predicted molar refractivity (Wildman–Crippen MR) is 258 cm³/mol. The molecule has 10 aromatic rings. The molecule has 0 saturated carbocycles. The van der Waals surface area contributed by atoms with Gasteiger partial charge in [0, 0.05) is 0 Å². The average molecular weight is 799 g/mol. The molecule has 0 radical (unpaired) electrons. The van der Waals surface area contributed by atoms with Crippen LogP contribution >= 0.6 is 0 Å². The van der Waals surface area contributed by atoms with E-state index in [1.165, 1.54) is 100 Å². The van der Waals surface area contributed by atoms with Gasteiger partial charge in [0.25, 0.3) is 0 Å². The molecule has 0 heterocycles. The summed E-state index contributed by atoms with van der Waals surface area (Å²) in [5.74, 6) is 0. The Hall–Kier alpha value is -7.80. The predicted octanol–water partition coefficient (Wildman–Crippen LogP) is 14.8. The van der Waals surface area contributed by atoms with Gasteiger partial charge in [-0.2, -0.15) is 0 Å². The van der Waals surface area contributed by atoms with Gasteiger partial charge >= 0.3 is 0 Å². The Morgan fingerprint density at radius 3 is 0.508 bits per heavy atom. The monoisotopic (exact) mass is 798 g/mol. The third kappa shape index (κ3) is 4.65. The van der Waals surface area contributed by atoms with Crippen LogP contribution in [0.1, 0.15) is 66.8 Å². The molecule has 0 nitrogen and oxygen atoms in total. The van der Waals surface area contributed by atoms with Gasteiger partial charge in [0.1, 0.15) is 0 Å². The van der Waals surface area contributed by atoms with Crippen LogP contribution in [0, 0.1) is 0 Å². The number of fused-ring (bicyclic) bond motifs is 9. The van der Waals surface area contributed by atoms with Crippen molar-refractivity contribution in [2.45, 2.75) is 16.2 Å². The van der Waals surface area contributed by atoms with E-state index in [2.05, 4.69) is 255 Å². The second-order valence-electron chi connectivity index (χ2n) is 17.4. The summed E-state index contributed by atoms with van der Waals surface area (Å²) in [6, 6.07) is 95.9. The smallest absolute Gasteiger partial charge is 0.0622 e. The Morgan fingerprint density at radius 2 is 0.302 bits per heavy atom. The maximum absolute atomic E-state index is 2.44. The molecule has 0 fully saturated rings. The minimum atomic E-state index is -0.555. The molecule has 0 amide bonds. The van der Waals surface area contributed by atoms with Crippen molar-refractivity contribution in [3.05, 3.63) is 322 Å². The fourth-order valence-corrected chi connectivity index (χ4v) is 12.4. The summed E-state index contributed by atoms with van der Waals surface area (Å²) in [6.45, 7) is 0. The minimum absolute atomic E-state index is 0.465. The highest BCUT2D eigenvalue weighted by molar-refractivity contribution is 5.89. The van der Waals surface area contributed by atoms with Gasteiger partial charge in [0.15, 0.2) is 0 Å². The maximum Gasteiger partial charge on any atom is 0.0713 e. The van der Waals surface area contributed by atoms with Gasteiger partial charge in [0.05, 0.1) is 16.2 Å². The zero-order valence-corrected chi connectivity index (χ0v) is 34.7. The Balaban J connectivity index is 1.05. The summed E-state index contributed by atoms with van der Waals surface area (Å²) < 4.78 is 0. The first-order valence-electron chi connectivity index (χ1n) is 22.2. The lowest BCUT2D eigenvalue weighted by atomic mass is 9.64. The molecule has 0 aromatic heterocycles. The standard InChI is InChI=1S/C63H42/c1-3-19-43(20-4-1)61(55-29-13-7-23-49(55)50-24-8-14-30-56(50)61)45-35-39-47(40-36-45)63(59-33-17-11-27-53(59)54-28-12-18-34-60(54)63)48-41-37-46(38-42-48)62(44-21-5-2-6-22-44)57-31-15-9-25-51(57)52-26-10-16-32-58(52)62/h1-42H. The molecule has 10 aromatic carbocycles. The topological polar surface area (TPSA) is 0 Å². The molecule has 3 aliphatic rings. The lowest BCUT2D eigenvalue weighted by molar-refractivity contribution is 0.743. The molecule has 13 rings (SSSR count). The maximum atomic E-state index is 2.44. The molecule has 0 bridgehead atoms. The van der Waals surface area contributed by atoms with Crippen molar-refractivity contribution in [3.8, 4) is 33.4 Å². The Labute approximate surface area is 369 Å². The zero-order valence-electron chi connectivity index (χ0n) is 34.7. The van der Waals surface area contributed by atoms with Gasteiger partial charge in [-0.3, -0.25) is 0 Å². The van der Waals surface area contributed by atoms with Crippen LogP contribution in [-0.4, -0.2) is 0 Å². The fourth-order valence-electron chi connectivity index (χ4n) is 12.4. The summed E-state index contributed by atoms with van der Waals surface area (Å²) in [5, 5.41) is 0. The van der Waals surface area contributed by atoms with E-state index < -0.39 is 16.2 Å². The molecule has 0 unspecified atom stereocenters. The molecule has 0 spiro atoms. The summed E-state index contributed by atoms with van der Waals surface area (Å²) in [4.78, 5) is 0. The molecule has 0 saturated heterocycles. The van der Waals surface area contributed by atoms with Crippen LogP contribution in [0.4, 0.5) is 0 Å². The van der Waals surface area contributed by atoms with Crippen LogP contribution in [-0.2, 0) is 16.2 Å². The van der Waals surface area contributed by atoms with E-state index in [1.807, 2.05) is 0 Å². The van der Waals surface area contributed by atoms with E-state index in [0.717, 1.165) is 0 Å². The van der Waals surface area contributed by atoms with Crippen molar-refractivity contribution in [1.29, 1.82) is 0 Å². The van der Waals surface area contributed by atoms with E-state index in [0.29, 0.717) is 0 Å². The highest BCUT2D eigenvalue weighted by atomic mass is 14.5. The average Bonchev–Trinajstić information content (AvgIpc) is 3.96. The molecule has 0 N–H and O–H groups in total. The van der Waals surface area contributed by atoms with Gasteiger partial charge in [-0.1, -0.05) is 255 Å². The number of rotatable bonds is 6. The van der Waals surface area contributed by atoms with Crippen molar-refractivity contribution in [3.63, 3.8) is 0 Å². The van der Waals surface area contributed by atoms with Crippen LogP contribution < -0.4 is 0 Å². The summed E-state index contributed by atoms with van der Waals surface area (Å²) in [6.07, 6.45) is 0. The highest BCUT2D eigenvalue weighted by Gasteiger charge is 2.50. The molecule has 0 heteroatoms.